The van der Waals surface area contributed by atoms with Crippen molar-refractivity contribution >= 4 is 11.6 Å². The number of aliphatic hydroxyl groups excluding tert-OH is 2. The van der Waals surface area contributed by atoms with E-state index in [9.17, 15) is 10.2 Å². The summed E-state index contributed by atoms with van der Waals surface area (Å²) >= 11 is 6.01. The molecule has 0 aliphatic rings. The fourth-order valence-corrected chi connectivity index (χ4v) is 3.39. The largest absolute Gasteiger partial charge is 0.507 e. The Morgan fingerprint density at radius 3 is 1.46 bits per heavy atom. The highest BCUT2D eigenvalue weighted by Gasteiger charge is 2.18. The van der Waals surface area contributed by atoms with Crippen LogP contribution in [-0.4, -0.2) is 71.4 Å². The number of halogens is 1. The van der Waals surface area contributed by atoms with Gasteiger partial charge in [0.25, 0.3) is 0 Å². The number of phenols is 2. The van der Waals surface area contributed by atoms with Gasteiger partial charge in [-0.2, -0.15) is 0 Å². The molecule has 0 aliphatic carbocycles. The zero-order valence-electron chi connectivity index (χ0n) is 19.1. The van der Waals surface area contributed by atoms with Gasteiger partial charge in [0.15, 0.2) is 30.1 Å². The Hall–Kier alpha value is -4.00. The van der Waals surface area contributed by atoms with Crippen molar-refractivity contribution in [2.45, 2.75) is 12.6 Å². The molecule has 1 aromatic heterocycles. The van der Waals surface area contributed by atoms with Crippen LogP contribution in [0.1, 0.15) is 0 Å². The van der Waals surface area contributed by atoms with Crippen LogP contribution in [0.15, 0.2) is 60.7 Å². The monoisotopic (exact) mass is 527 g/mol. The Bertz CT molecular complexity index is 1300. The lowest BCUT2D eigenvalue weighted by Crippen LogP contribution is -2.15. The van der Waals surface area contributed by atoms with Gasteiger partial charge in [-0.3, -0.25) is 0 Å². The van der Waals surface area contributed by atoms with E-state index in [1.807, 2.05) is 0 Å². The van der Waals surface area contributed by atoms with Crippen molar-refractivity contribution in [3.05, 3.63) is 65.7 Å². The summed E-state index contributed by atoms with van der Waals surface area (Å²) in [7, 11) is 0. The minimum Gasteiger partial charge on any atom is -0.507 e. The van der Waals surface area contributed by atoms with Gasteiger partial charge in [0.1, 0.15) is 36.2 Å². The highest BCUT2D eigenvalue weighted by molar-refractivity contribution is 6.30. The molecule has 0 atom stereocenters. The molecule has 0 amide bonds. The summed E-state index contributed by atoms with van der Waals surface area (Å²) in [4.78, 5) is 13.4. The van der Waals surface area contributed by atoms with Crippen molar-refractivity contribution in [1.82, 2.24) is 15.0 Å². The van der Waals surface area contributed by atoms with Crippen LogP contribution in [-0.2, 0) is 0 Å². The summed E-state index contributed by atoms with van der Waals surface area (Å²) in [5.41, 5.74) is 1.06. The van der Waals surface area contributed by atoms with Gasteiger partial charge in [0.05, 0.1) is 11.1 Å². The molecule has 0 unspecified atom stereocenters. The Morgan fingerprint density at radius 1 is 0.622 bits per heavy atom. The molecule has 37 heavy (non-hydrogen) atoms. The highest BCUT2D eigenvalue weighted by Crippen LogP contribution is 2.35. The number of aromatic hydroxyl groups is 2. The summed E-state index contributed by atoms with van der Waals surface area (Å²) in [6.07, 6.45) is -3.35. The highest BCUT2D eigenvalue weighted by atomic mass is 35.5. The molecule has 4 aromatic rings. The number of nitrogens with zero attached hydrogens (tertiary/aromatic N) is 3. The third kappa shape index (κ3) is 6.61. The summed E-state index contributed by atoms with van der Waals surface area (Å²) in [5, 5.41) is 57.7. The summed E-state index contributed by atoms with van der Waals surface area (Å²) in [6.45, 7) is -0.767. The smallest absolute Gasteiger partial charge is 0.186 e. The number of aliphatic hydroxyl groups is 4. The average Bonchev–Trinajstić information content (AvgIpc) is 2.86. The molecule has 0 fully saturated rings. The second kappa shape index (κ2) is 11.4. The first-order chi connectivity index (χ1) is 17.7. The predicted octanol–water partition coefficient (Wildman–Crippen LogP) is 2.32. The number of hydrogen-bond donors (Lipinski definition) is 6. The van der Waals surface area contributed by atoms with Gasteiger partial charge in [0.2, 0.25) is 0 Å². The van der Waals surface area contributed by atoms with Crippen molar-refractivity contribution in [3.63, 3.8) is 0 Å². The van der Waals surface area contributed by atoms with Gasteiger partial charge in [-0.15, -0.1) is 0 Å². The van der Waals surface area contributed by atoms with Crippen LogP contribution in [0.5, 0.6) is 23.0 Å². The molecular formula is C25H22ClN3O8. The van der Waals surface area contributed by atoms with Crippen LogP contribution < -0.4 is 9.47 Å². The van der Waals surface area contributed by atoms with E-state index in [2.05, 4.69) is 15.0 Å². The van der Waals surface area contributed by atoms with Gasteiger partial charge in [-0.1, -0.05) is 11.6 Å². The molecule has 1 heterocycles. The fourth-order valence-electron chi connectivity index (χ4n) is 3.27. The van der Waals surface area contributed by atoms with Crippen molar-refractivity contribution in [2.75, 3.05) is 13.2 Å². The van der Waals surface area contributed by atoms with Gasteiger partial charge in [0, 0.05) is 22.7 Å². The number of phenolic OH excluding ortho intramolecular Hbond substituents is 2. The van der Waals surface area contributed by atoms with Crippen molar-refractivity contribution in [2.24, 2.45) is 0 Å². The van der Waals surface area contributed by atoms with E-state index in [1.165, 1.54) is 36.4 Å². The molecule has 12 heteroatoms. The maximum Gasteiger partial charge on any atom is 0.186 e. The lowest BCUT2D eigenvalue weighted by atomic mass is 10.1. The van der Waals surface area contributed by atoms with Gasteiger partial charge < -0.3 is 40.1 Å². The second-order valence-corrected chi connectivity index (χ2v) is 8.19. The molecule has 0 bridgehead atoms. The van der Waals surface area contributed by atoms with Crippen LogP contribution in [0.25, 0.3) is 34.2 Å². The van der Waals surface area contributed by atoms with Crippen LogP contribution in [0.4, 0.5) is 0 Å². The van der Waals surface area contributed by atoms with Gasteiger partial charge in [-0.05, 0) is 48.5 Å². The maximum absolute atomic E-state index is 10.6. The van der Waals surface area contributed by atoms with E-state index < -0.39 is 12.6 Å². The number of hydrogen-bond acceptors (Lipinski definition) is 11. The van der Waals surface area contributed by atoms with Crippen molar-refractivity contribution in [3.8, 4) is 57.2 Å². The molecule has 3 aromatic carbocycles. The first-order valence-corrected chi connectivity index (χ1v) is 11.2. The van der Waals surface area contributed by atoms with Crippen molar-refractivity contribution < 1.29 is 40.1 Å². The second-order valence-electron chi connectivity index (χ2n) is 7.75. The van der Waals surface area contributed by atoms with E-state index >= 15 is 0 Å². The third-order valence-electron chi connectivity index (χ3n) is 4.96. The lowest BCUT2D eigenvalue weighted by Gasteiger charge is -2.13. The van der Waals surface area contributed by atoms with E-state index in [4.69, 9.17) is 41.5 Å². The van der Waals surface area contributed by atoms with Gasteiger partial charge >= 0.3 is 0 Å². The molecule has 0 aliphatic heterocycles. The van der Waals surface area contributed by atoms with E-state index in [1.54, 1.807) is 24.3 Å². The lowest BCUT2D eigenvalue weighted by molar-refractivity contribution is -0.0685. The summed E-state index contributed by atoms with van der Waals surface area (Å²) < 4.78 is 10.4. The minimum atomic E-state index is -1.67. The first-order valence-electron chi connectivity index (χ1n) is 10.9. The molecule has 0 radical (unpaired) electrons. The zero-order chi connectivity index (χ0) is 26.5. The first kappa shape index (κ1) is 26.1. The van der Waals surface area contributed by atoms with Crippen LogP contribution in [0, 0.1) is 0 Å². The summed E-state index contributed by atoms with van der Waals surface area (Å²) in [6, 6.07) is 15.3. The molecule has 4 rings (SSSR count). The third-order valence-corrected chi connectivity index (χ3v) is 5.21. The van der Waals surface area contributed by atoms with E-state index in [0.717, 1.165) is 0 Å². The standard InChI is InChI=1S/C25H22ClN3O8/c26-14-3-1-13(2-4-14)23-27-24(17-7-5-15(9-19(17)30)36-11-21(32)33)29-25(28-23)18-8-6-16(10-20(18)31)37-12-22(34)35/h1-10,21-22,30-35H,11-12H2. The summed E-state index contributed by atoms with van der Waals surface area (Å²) in [5.74, 6) is 0.335. The Kier molecular flexibility index (Phi) is 8.01. The molecule has 0 saturated heterocycles. The Morgan fingerprint density at radius 2 is 1.05 bits per heavy atom. The Labute approximate surface area is 215 Å². The number of aromatic nitrogens is 3. The number of benzene rings is 3. The fraction of sp³-hybridized carbons (Fsp3) is 0.160. The van der Waals surface area contributed by atoms with Crippen LogP contribution >= 0.6 is 11.6 Å². The van der Waals surface area contributed by atoms with Crippen LogP contribution in [0.2, 0.25) is 5.02 Å². The van der Waals surface area contributed by atoms with Gasteiger partial charge in [-0.25, -0.2) is 15.0 Å². The Balaban J connectivity index is 1.78. The molecular weight excluding hydrogens is 506 g/mol. The zero-order valence-corrected chi connectivity index (χ0v) is 19.8. The number of rotatable bonds is 9. The van der Waals surface area contributed by atoms with Crippen molar-refractivity contribution in [1.29, 1.82) is 0 Å². The quantitative estimate of drug-likeness (QED) is 0.176. The SMILES string of the molecule is Oc1cc(OCC(O)O)ccc1-c1nc(-c2ccc(Cl)cc2)nc(-c2ccc(OCC(O)O)cc2O)n1. The minimum absolute atomic E-state index is 0.0873. The average molecular weight is 528 g/mol. The van der Waals surface area contributed by atoms with Crippen LogP contribution in [0.3, 0.4) is 0 Å². The molecule has 0 saturated carbocycles. The molecule has 0 spiro atoms. The predicted molar refractivity (Wildman–Crippen MR) is 132 cm³/mol. The molecule has 11 nitrogen and oxygen atoms in total. The molecule has 192 valence electrons. The maximum atomic E-state index is 10.6. The normalized spacial score (nSPS) is 11.2. The topological polar surface area (TPSA) is 179 Å². The van der Waals surface area contributed by atoms with E-state index in [-0.39, 0.29) is 64.8 Å². The molecule has 6 N–H and O–H groups in total. The van der Waals surface area contributed by atoms with E-state index in [0.29, 0.717) is 10.6 Å². The number of ether oxygens (including phenoxy) is 2.